The molecule has 6 heteroatoms. The molecule has 0 atom stereocenters. The third-order valence-electron chi connectivity index (χ3n) is 6.76. The van der Waals surface area contributed by atoms with Gasteiger partial charge in [-0.2, -0.15) is 0 Å². The molecule has 2 aromatic carbocycles. The van der Waals surface area contributed by atoms with Gasteiger partial charge in [-0.3, -0.25) is 9.78 Å². The molecule has 1 aliphatic rings. The molecule has 5 nitrogen and oxygen atoms in total. The van der Waals surface area contributed by atoms with Gasteiger partial charge in [0.15, 0.2) is 0 Å². The van der Waals surface area contributed by atoms with Gasteiger partial charge in [-0.25, -0.2) is 0 Å². The minimum atomic E-state index is 0. The molecule has 188 valence electrons. The highest BCUT2D eigenvalue weighted by atomic mass is 35.5. The first-order valence-electron chi connectivity index (χ1n) is 12.8. The monoisotopic (exact) mass is 494 g/mol. The Labute approximate surface area is 216 Å². The number of anilines is 2. The van der Waals surface area contributed by atoms with Crippen molar-refractivity contribution in [3.8, 4) is 0 Å². The number of benzene rings is 2. The number of nitrogens with zero attached hydrogens (tertiary/aromatic N) is 2. The molecule has 1 aliphatic carbocycles. The van der Waals surface area contributed by atoms with Crippen LogP contribution in [-0.2, 0) is 12.8 Å². The van der Waals surface area contributed by atoms with Gasteiger partial charge in [-0.1, -0.05) is 37.5 Å². The average Bonchev–Trinajstić information content (AvgIpc) is 2.87. The molecule has 3 aromatic rings. The highest BCUT2D eigenvalue weighted by Crippen LogP contribution is 2.33. The number of pyridine rings is 1. The van der Waals surface area contributed by atoms with E-state index in [4.69, 9.17) is 4.98 Å². The number of fused-ring (bicyclic) bond motifs is 2. The van der Waals surface area contributed by atoms with E-state index in [1.807, 2.05) is 43.3 Å². The number of rotatable bonds is 11. The number of para-hydroxylation sites is 1. The van der Waals surface area contributed by atoms with Crippen LogP contribution in [0, 0.1) is 0 Å². The predicted octanol–water partition coefficient (Wildman–Crippen LogP) is 6.39. The number of halogens is 1. The zero-order valence-electron chi connectivity index (χ0n) is 21.1. The summed E-state index contributed by atoms with van der Waals surface area (Å²) in [5.74, 6) is 0.0161. The number of aryl methyl sites for hydroxylation is 1. The van der Waals surface area contributed by atoms with Crippen molar-refractivity contribution in [2.75, 3.05) is 37.4 Å². The fraction of sp³-hybridized carbons (Fsp3) is 0.448. The standard InChI is InChI=1S/C29H38N4O.ClH/c1-33(2)23-18-16-22(17-19-23)29(34)31-21-11-5-3-4-10-20-30-28-24-12-6-8-14-26(24)32-27-15-9-7-13-25(27)28;/h6,8,12,14,16-19H,3-5,7,9-11,13,15,20-21H2,1-2H3,(H,30,32)(H,31,34);1H. The van der Waals surface area contributed by atoms with Crippen molar-refractivity contribution < 1.29 is 4.79 Å². The predicted molar refractivity (Wildman–Crippen MR) is 150 cm³/mol. The van der Waals surface area contributed by atoms with Gasteiger partial charge in [-0.15, -0.1) is 12.4 Å². The summed E-state index contributed by atoms with van der Waals surface area (Å²) in [4.78, 5) is 19.3. The van der Waals surface area contributed by atoms with Gasteiger partial charge < -0.3 is 15.5 Å². The molecule has 35 heavy (non-hydrogen) atoms. The number of hydrogen-bond acceptors (Lipinski definition) is 4. The lowest BCUT2D eigenvalue weighted by Crippen LogP contribution is -2.24. The van der Waals surface area contributed by atoms with Crippen LogP contribution in [0.4, 0.5) is 11.4 Å². The van der Waals surface area contributed by atoms with Crippen LogP contribution < -0.4 is 15.5 Å². The zero-order chi connectivity index (χ0) is 23.8. The number of carbonyl (C=O) groups is 1. The van der Waals surface area contributed by atoms with E-state index in [1.54, 1.807) is 0 Å². The number of unbranched alkanes of at least 4 members (excludes halogenated alkanes) is 4. The van der Waals surface area contributed by atoms with E-state index in [0.717, 1.165) is 62.0 Å². The maximum absolute atomic E-state index is 12.3. The molecular weight excluding hydrogens is 456 g/mol. The Morgan fingerprint density at radius 1 is 0.886 bits per heavy atom. The molecule has 0 bridgehead atoms. The fourth-order valence-electron chi connectivity index (χ4n) is 4.78. The molecule has 0 aliphatic heterocycles. The summed E-state index contributed by atoms with van der Waals surface area (Å²) in [6, 6.07) is 16.3. The second kappa shape index (κ2) is 13.3. The van der Waals surface area contributed by atoms with Crippen LogP contribution in [-0.4, -0.2) is 38.1 Å². The van der Waals surface area contributed by atoms with Crippen LogP contribution in [0.25, 0.3) is 10.9 Å². The Morgan fingerprint density at radius 2 is 1.57 bits per heavy atom. The number of nitrogens with one attached hydrogen (secondary N) is 2. The van der Waals surface area contributed by atoms with E-state index in [-0.39, 0.29) is 18.3 Å². The van der Waals surface area contributed by atoms with Gasteiger partial charge in [0.1, 0.15) is 0 Å². The first-order valence-corrected chi connectivity index (χ1v) is 12.8. The molecule has 0 saturated carbocycles. The molecule has 0 spiro atoms. The molecule has 1 amide bonds. The second-order valence-electron chi connectivity index (χ2n) is 9.53. The van der Waals surface area contributed by atoms with E-state index in [1.165, 1.54) is 48.0 Å². The number of hydrogen-bond donors (Lipinski definition) is 2. The Morgan fingerprint density at radius 3 is 2.34 bits per heavy atom. The van der Waals surface area contributed by atoms with E-state index in [0.29, 0.717) is 0 Å². The van der Waals surface area contributed by atoms with Crippen LogP contribution >= 0.6 is 12.4 Å². The first kappa shape index (κ1) is 26.8. The van der Waals surface area contributed by atoms with Gasteiger partial charge in [0.05, 0.1) is 5.52 Å². The molecule has 2 N–H and O–H groups in total. The molecule has 0 unspecified atom stereocenters. The van der Waals surface area contributed by atoms with E-state index in [2.05, 4.69) is 34.9 Å². The van der Waals surface area contributed by atoms with E-state index >= 15 is 0 Å². The average molecular weight is 495 g/mol. The summed E-state index contributed by atoms with van der Waals surface area (Å²) >= 11 is 0. The van der Waals surface area contributed by atoms with Gasteiger partial charge in [0.2, 0.25) is 0 Å². The lowest BCUT2D eigenvalue weighted by Gasteiger charge is -2.21. The molecule has 0 saturated heterocycles. The highest BCUT2D eigenvalue weighted by Gasteiger charge is 2.17. The van der Waals surface area contributed by atoms with Crippen LogP contribution in [0.5, 0.6) is 0 Å². The maximum atomic E-state index is 12.3. The van der Waals surface area contributed by atoms with Crippen molar-refractivity contribution in [1.82, 2.24) is 10.3 Å². The summed E-state index contributed by atoms with van der Waals surface area (Å²) in [7, 11) is 4.00. The molecular formula is C29H39ClN4O. The van der Waals surface area contributed by atoms with Crippen LogP contribution in [0.3, 0.4) is 0 Å². The molecule has 4 rings (SSSR count). The SMILES string of the molecule is CN(C)c1ccc(C(=O)NCCCCCCCNc2c3c(nc4ccccc24)CCCC3)cc1.Cl. The lowest BCUT2D eigenvalue weighted by atomic mass is 9.92. The van der Waals surface area contributed by atoms with Gasteiger partial charge in [0, 0.05) is 55.2 Å². The Bertz CT molecular complexity index is 1100. The third-order valence-corrected chi connectivity index (χ3v) is 6.76. The summed E-state index contributed by atoms with van der Waals surface area (Å²) in [6.45, 7) is 1.74. The largest absolute Gasteiger partial charge is 0.384 e. The van der Waals surface area contributed by atoms with Crippen LogP contribution in [0.1, 0.15) is 66.6 Å². The van der Waals surface area contributed by atoms with E-state index in [9.17, 15) is 4.79 Å². The van der Waals surface area contributed by atoms with Crippen molar-refractivity contribution in [2.45, 2.75) is 57.8 Å². The quantitative estimate of drug-likeness (QED) is 0.303. The van der Waals surface area contributed by atoms with Crippen molar-refractivity contribution in [2.24, 2.45) is 0 Å². The summed E-state index contributed by atoms with van der Waals surface area (Å²) in [5.41, 5.74) is 6.99. The summed E-state index contributed by atoms with van der Waals surface area (Å²) in [6.07, 6.45) is 10.5. The van der Waals surface area contributed by atoms with Gasteiger partial charge >= 0.3 is 0 Å². The minimum absolute atomic E-state index is 0. The number of amides is 1. The molecule has 0 radical (unpaired) electrons. The summed E-state index contributed by atoms with van der Waals surface area (Å²) < 4.78 is 0. The normalized spacial score (nSPS) is 12.5. The van der Waals surface area contributed by atoms with E-state index < -0.39 is 0 Å². The fourth-order valence-corrected chi connectivity index (χ4v) is 4.78. The molecule has 1 aromatic heterocycles. The van der Waals surface area contributed by atoms with Gasteiger partial charge in [0.25, 0.3) is 5.91 Å². The first-order chi connectivity index (χ1) is 16.6. The van der Waals surface area contributed by atoms with Crippen LogP contribution in [0.15, 0.2) is 48.5 Å². The topological polar surface area (TPSA) is 57.3 Å². The third kappa shape index (κ3) is 7.11. The Kier molecular flexibility index (Phi) is 10.2. The van der Waals surface area contributed by atoms with Gasteiger partial charge in [-0.05, 0) is 74.4 Å². The zero-order valence-corrected chi connectivity index (χ0v) is 21.9. The molecule has 1 heterocycles. The Hall–Kier alpha value is -2.79. The summed E-state index contributed by atoms with van der Waals surface area (Å²) in [5, 5.41) is 8.07. The number of carbonyl (C=O) groups excluding carboxylic acids is 1. The lowest BCUT2D eigenvalue weighted by molar-refractivity contribution is 0.0953. The van der Waals surface area contributed by atoms with Crippen molar-refractivity contribution in [1.29, 1.82) is 0 Å². The molecule has 0 fully saturated rings. The van der Waals surface area contributed by atoms with Crippen LogP contribution in [0.2, 0.25) is 0 Å². The minimum Gasteiger partial charge on any atom is -0.384 e. The maximum Gasteiger partial charge on any atom is 0.251 e. The number of aromatic nitrogens is 1. The van der Waals surface area contributed by atoms with Crippen molar-refractivity contribution in [3.63, 3.8) is 0 Å². The Balaban J connectivity index is 0.00000342. The second-order valence-corrected chi connectivity index (χ2v) is 9.53. The highest BCUT2D eigenvalue weighted by molar-refractivity contribution is 5.94. The smallest absolute Gasteiger partial charge is 0.251 e. The van der Waals surface area contributed by atoms with Crippen molar-refractivity contribution >= 4 is 40.6 Å². The van der Waals surface area contributed by atoms with Crippen molar-refractivity contribution in [3.05, 3.63) is 65.4 Å².